The Labute approximate surface area is 169 Å². The number of carbonyl (C=O) groups is 1. The highest BCUT2D eigenvalue weighted by Gasteiger charge is 2.11. The number of aromatic amines is 2. The fourth-order valence-corrected chi connectivity index (χ4v) is 3.02. The van der Waals surface area contributed by atoms with Crippen LogP contribution in [-0.2, 0) is 11.2 Å². The van der Waals surface area contributed by atoms with Crippen LogP contribution in [0.25, 0.3) is 22.3 Å². The quantitative estimate of drug-likeness (QED) is 0.225. The van der Waals surface area contributed by atoms with E-state index >= 15 is 0 Å². The highest BCUT2D eigenvalue weighted by Crippen LogP contribution is 2.23. The molecule has 0 amide bonds. The Kier molecular flexibility index (Phi) is 7.43. The van der Waals surface area contributed by atoms with Crippen LogP contribution >= 0.6 is 0 Å². The van der Waals surface area contributed by atoms with Crippen LogP contribution in [-0.4, -0.2) is 56.0 Å². The predicted molar refractivity (Wildman–Crippen MR) is 112 cm³/mol. The van der Waals surface area contributed by atoms with Gasteiger partial charge < -0.3 is 10.4 Å². The third kappa shape index (κ3) is 5.46. The molecule has 0 aliphatic heterocycles. The van der Waals surface area contributed by atoms with Crippen molar-refractivity contribution in [2.24, 2.45) is 0 Å². The zero-order valence-corrected chi connectivity index (χ0v) is 16.5. The van der Waals surface area contributed by atoms with Gasteiger partial charge in [-0.15, -0.1) is 0 Å². The van der Waals surface area contributed by atoms with Crippen molar-refractivity contribution in [3.63, 3.8) is 0 Å². The first-order chi connectivity index (χ1) is 14.2. The van der Waals surface area contributed by atoms with Crippen molar-refractivity contribution >= 4 is 16.7 Å². The second kappa shape index (κ2) is 10.4. The monoisotopic (exact) mass is 394 g/mol. The lowest BCUT2D eigenvalue weighted by Crippen LogP contribution is -2.26. The van der Waals surface area contributed by atoms with E-state index in [1.807, 2.05) is 30.4 Å². The third-order valence-corrected chi connectivity index (χ3v) is 4.55. The molecular weight excluding hydrogens is 368 g/mol. The number of benzene rings is 1. The molecule has 0 unspecified atom stereocenters. The smallest absolute Gasteiger partial charge is 0.172 e. The largest absolute Gasteiger partial charge is 0.395 e. The Hall–Kier alpha value is -3.10. The Morgan fingerprint density at radius 2 is 2.17 bits per heavy atom. The van der Waals surface area contributed by atoms with E-state index in [1.54, 1.807) is 0 Å². The fourth-order valence-electron chi connectivity index (χ4n) is 3.02. The number of Topliss-reactive ketones (excluding diaryl/α,β-unsaturated/α-hetero) is 1. The van der Waals surface area contributed by atoms with Gasteiger partial charge in [0.2, 0.25) is 0 Å². The molecule has 4 N–H and O–H groups in total. The molecule has 0 fully saturated rings. The molecule has 0 saturated heterocycles. The predicted octanol–water partition coefficient (Wildman–Crippen LogP) is 2.32. The van der Waals surface area contributed by atoms with Crippen LogP contribution in [0.15, 0.2) is 48.3 Å². The Bertz CT molecular complexity index is 988. The SMILES string of the molecule is CC/C=C\C/C(=C\Cc1[nH]nc2ccc(-c3ncn[nH]3)cc12)C(=O)CNCCO. The number of H-pyrrole nitrogens is 2. The molecule has 0 aliphatic carbocycles. The van der Waals surface area contributed by atoms with Gasteiger partial charge in [-0.2, -0.15) is 10.2 Å². The number of carbonyl (C=O) groups excluding carboxylic acids is 1. The number of fused-ring (bicyclic) bond motifs is 1. The van der Waals surface area contributed by atoms with Crippen LogP contribution in [0.4, 0.5) is 0 Å². The number of aliphatic hydroxyl groups is 1. The number of allylic oxidation sites excluding steroid dienone is 3. The molecule has 0 bridgehead atoms. The summed E-state index contributed by atoms with van der Waals surface area (Å²) in [6.07, 6.45) is 9.59. The van der Waals surface area contributed by atoms with Crippen molar-refractivity contribution in [2.45, 2.75) is 26.2 Å². The van der Waals surface area contributed by atoms with E-state index in [1.165, 1.54) is 6.33 Å². The zero-order chi connectivity index (χ0) is 20.5. The van der Waals surface area contributed by atoms with Crippen LogP contribution in [0, 0.1) is 0 Å². The second-order valence-electron chi connectivity index (χ2n) is 6.61. The van der Waals surface area contributed by atoms with Crippen molar-refractivity contribution in [3.8, 4) is 11.4 Å². The van der Waals surface area contributed by atoms with Gasteiger partial charge in [-0.3, -0.25) is 15.0 Å². The van der Waals surface area contributed by atoms with Crippen LogP contribution in [0.1, 0.15) is 25.5 Å². The zero-order valence-electron chi connectivity index (χ0n) is 16.5. The summed E-state index contributed by atoms with van der Waals surface area (Å²) < 4.78 is 0. The molecular formula is C21H26N6O2. The van der Waals surface area contributed by atoms with E-state index in [-0.39, 0.29) is 18.9 Å². The number of hydrogen-bond donors (Lipinski definition) is 4. The highest BCUT2D eigenvalue weighted by molar-refractivity contribution is 5.97. The maximum Gasteiger partial charge on any atom is 0.172 e. The summed E-state index contributed by atoms with van der Waals surface area (Å²) in [7, 11) is 0. The van der Waals surface area contributed by atoms with E-state index in [4.69, 9.17) is 5.11 Å². The number of rotatable bonds is 11. The van der Waals surface area contributed by atoms with Gasteiger partial charge in [-0.25, -0.2) is 4.98 Å². The van der Waals surface area contributed by atoms with Gasteiger partial charge in [0.15, 0.2) is 11.6 Å². The summed E-state index contributed by atoms with van der Waals surface area (Å²) in [5, 5.41) is 27.0. The minimum atomic E-state index is 0.00964. The molecule has 0 spiro atoms. The number of ketones is 1. The van der Waals surface area contributed by atoms with E-state index < -0.39 is 0 Å². The number of aliphatic hydroxyl groups excluding tert-OH is 1. The van der Waals surface area contributed by atoms with E-state index in [9.17, 15) is 4.79 Å². The summed E-state index contributed by atoms with van der Waals surface area (Å²) in [4.78, 5) is 16.7. The van der Waals surface area contributed by atoms with Crippen LogP contribution in [0.2, 0.25) is 0 Å². The molecule has 1 aromatic carbocycles. The maximum atomic E-state index is 12.6. The minimum absolute atomic E-state index is 0.00964. The second-order valence-corrected chi connectivity index (χ2v) is 6.61. The molecule has 8 nitrogen and oxygen atoms in total. The first-order valence-corrected chi connectivity index (χ1v) is 9.74. The molecule has 0 aliphatic rings. The van der Waals surface area contributed by atoms with Gasteiger partial charge in [0.05, 0.1) is 18.7 Å². The van der Waals surface area contributed by atoms with Crippen molar-refractivity contribution in [3.05, 3.63) is 54.0 Å². The first-order valence-electron chi connectivity index (χ1n) is 9.74. The Morgan fingerprint density at radius 1 is 1.28 bits per heavy atom. The Morgan fingerprint density at radius 3 is 2.93 bits per heavy atom. The molecule has 8 heteroatoms. The molecule has 0 saturated carbocycles. The Balaban J connectivity index is 1.81. The van der Waals surface area contributed by atoms with Gasteiger partial charge >= 0.3 is 0 Å². The summed E-state index contributed by atoms with van der Waals surface area (Å²) in [5.41, 5.74) is 3.47. The number of nitrogens with one attached hydrogen (secondary N) is 3. The molecule has 2 aromatic heterocycles. The van der Waals surface area contributed by atoms with E-state index in [0.29, 0.717) is 25.2 Å². The number of nitrogens with zero attached hydrogens (tertiary/aromatic N) is 3. The van der Waals surface area contributed by atoms with Gasteiger partial charge in [-0.1, -0.05) is 25.2 Å². The lowest BCUT2D eigenvalue weighted by atomic mass is 10.0. The fraction of sp³-hybridized carbons (Fsp3) is 0.333. The lowest BCUT2D eigenvalue weighted by Gasteiger charge is -2.06. The average molecular weight is 394 g/mol. The number of hydrogen-bond acceptors (Lipinski definition) is 6. The van der Waals surface area contributed by atoms with Crippen LogP contribution in [0.5, 0.6) is 0 Å². The average Bonchev–Trinajstić information content (AvgIpc) is 3.40. The molecule has 2 heterocycles. The van der Waals surface area contributed by atoms with Gasteiger partial charge in [0.1, 0.15) is 6.33 Å². The topological polar surface area (TPSA) is 120 Å². The molecule has 3 rings (SSSR count). The summed E-state index contributed by atoms with van der Waals surface area (Å²) in [5.74, 6) is 0.732. The normalized spacial score (nSPS) is 12.3. The minimum Gasteiger partial charge on any atom is -0.395 e. The van der Waals surface area contributed by atoms with E-state index in [2.05, 4.69) is 43.7 Å². The first kappa shape index (κ1) is 20.6. The lowest BCUT2D eigenvalue weighted by molar-refractivity contribution is -0.114. The number of aromatic nitrogens is 5. The van der Waals surface area contributed by atoms with Crippen molar-refractivity contribution in [1.82, 2.24) is 30.7 Å². The highest BCUT2D eigenvalue weighted by atomic mass is 16.3. The van der Waals surface area contributed by atoms with Crippen molar-refractivity contribution in [2.75, 3.05) is 19.7 Å². The van der Waals surface area contributed by atoms with Crippen LogP contribution < -0.4 is 5.32 Å². The summed E-state index contributed by atoms with van der Waals surface area (Å²) >= 11 is 0. The standard InChI is InChI=1S/C21H26N6O2/c1-2-3-4-5-15(20(29)13-22-10-11-28)6-8-18-17-12-16(21-23-14-24-27-21)7-9-19(17)26-25-18/h3-4,6-7,9,12,14,22,28H,2,5,8,10-11,13H2,1H3,(H,25,26)(H,23,24,27)/b4-3-,15-6+. The van der Waals surface area contributed by atoms with Gasteiger partial charge in [0.25, 0.3) is 0 Å². The van der Waals surface area contributed by atoms with Crippen molar-refractivity contribution < 1.29 is 9.90 Å². The van der Waals surface area contributed by atoms with Crippen molar-refractivity contribution in [1.29, 1.82) is 0 Å². The molecule has 0 atom stereocenters. The van der Waals surface area contributed by atoms with Gasteiger partial charge in [-0.05, 0) is 36.6 Å². The molecule has 29 heavy (non-hydrogen) atoms. The molecule has 3 aromatic rings. The third-order valence-electron chi connectivity index (χ3n) is 4.55. The van der Waals surface area contributed by atoms with Gasteiger partial charge in [0, 0.05) is 29.6 Å². The van der Waals surface area contributed by atoms with E-state index in [0.717, 1.165) is 34.2 Å². The maximum absolute atomic E-state index is 12.6. The van der Waals surface area contributed by atoms with Crippen LogP contribution in [0.3, 0.4) is 0 Å². The molecule has 152 valence electrons. The summed E-state index contributed by atoms with van der Waals surface area (Å²) in [6, 6.07) is 5.90. The summed E-state index contributed by atoms with van der Waals surface area (Å²) in [6.45, 7) is 2.69. The molecule has 0 radical (unpaired) electrons.